The molecular formula is C13H19N3O4S. The summed E-state index contributed by atoms with van der Waals surface area (Å²) in [5.74, 6) is 0.0650. The standard InChI is InChI=1S/C13H19N3O4S/c1-16-12(14-13(17)10-7-21(18,19)8-10)5-11(15-16)9-3-2-4-20-6-9/h5,9-10H,2-4,6-8H2,1H3,(H,14,17). The molecule has 0 spiro atoms. The fourth-order valence-electron chi connectivity index (χ4n) is 2.72. The molecule has 21 heavy (non-hydrogen) atoms. The second kappa shape index (κ2) is 5.42. The van der Waals surface area contributed by atoms with Crippen LogP contribution in [0, 0.1) is 5.92 Å². The van der Waals surface area contributed by atoms with E-state index in [1.54, 1.807) is 11.7 Å². The molecule has 1 aromatic heterocycles. The molecule has 1 aromatic rings. The molecule has 1 N–H and O–H groups in total. The number of carbonyl (C=O) groups is 1. The summed E-state index contributed by atoms with van der Waals surface area (Å²) in [4.78, 5) is 12.0. The lowest BCUT2D eigenvalue weighted by Gasteiger charge is -2.24. The first kappa shape index (κ1) is 14.5. The van der Waals surface area contributed by atoms with Gasteiger partial charge in [-0.25, -0.2) is 8.42 Å². The Balaban J connectivity index is 1.65. The molecule has 3 rings (SSSR count). The number of hydrogen-bond donors (Lipinski definition) is 1. The molecule has 7 nitrogen and oxygen atoms in total. The molecule has 116 valence electrons. The van der Waals surface area contributed by atoms with Crippen molar-refractivity contribution in [2.45, 2.75) is 18.8 Å². The van der Waals surface area contributed by atoms with Crippen molar-refractivity contribution in [1.82, 2.24) is 9.78 Å². The quantitative estimate of drug-likeness (QED) is 0.866. The van der Waals surface area contributed by atoms with Gasteiger partial charge in [0, 0.05) is 25.6 Å². The van der Waals surface area contributed by atoms with Crippen LogP contribution in [0.1, 0.15) is 24.5 Å². The predicted octanol–water partition coefficient (Wildman–Crippen LogP) is 0.297. The highest BCUT2D eigenvalue weighted by Crippen LogP contribution is 2.27. The van der Waals surface area contributed by atoms with E-state index in [0.29, 0.717) is 12.4 Å². The minimum absolute atomic E-state index is 0.0555. The van der Waals surface area contributed by atoms with Crippen LogP contribution < -0.4 is 5.32 Å². The summed E-state index contributed by atoms with van der Waals surface area (Å²) < 4.78 is 29.3. The first-order chi connectivity index (χ1) is 9.94. The van der Waals surface area contributed by atoms with E-state index in [1.165, 1.54) is 0 Å². The molecule has 0 aliphatic carbocycles. The van der Waals surface area contributed by atoms with Gasteiger partial charge in [0.2, 0.25) is 5.91 Å². The zero-order valence-corrected chi connectivity index (χ0v) is 12.7. The van der Waals surface area contributed by atoms with Crippen LogP contribution in [0.5, 0.6) is 0 Å². The van der Waals surface area contributed by atoms with Gasteiger partial charge >= 0.3 is 0 Å². The predicted molar refractivity (Wildman–Crippen MR) is 76.8 cm³/mol. The van der Waals surface area contributed by atoms with Crippen molar-refractivity contribution >= 4 is 21.6 Å². The third-order valence-corrected chi connectivity index (χ3v) is 5.83. The average molecular weight is 313 g/mol. The van der Waals surface area contributed by atoms with Crippen molar-refractivity contribution in [1.29, 1.82) is 0 Å². The van der Waals surface area contributed by atoms with Gasteiger partial charge in [0.15, 0.2) is 9.84 Å². The maximum Gasteiger partial charge on any atom is 0.230 e. The summed E-state index contributed by atoms with van der Waals surface area (Å²) in [6.45, 7) is 1.45. The summed E-state index contributed by atoms with van der Waals surface area (Å²) in [5, 5.41) is 7.19. The van der Waals surface area contributed by atoms with Crippen molar-refractivity contribution in [3.05, 3.63) is 11.8 Å². The van der Waals surface area contributed by atoms with Gasteiger partial charge in [0.25, 0.3) is 0 Å². The van der Waals surface area contributed by atoms with Crippen LogP contribution in [0.2, 0.25) is 0 Å². The molecule has 2 aliphatic heterocycles. The Morgan fingerprint density at radius 3 is 2.86 bits per heavy atom. The number of nitrogens with zero attached hydrogens (tertiary/aromatic N) is 2. The Hall–Kier alpha value is -1.41. The molecule has 2 saturated heterocycles. The van der Waals surface area contributed by atoms with Crippen LogP contribution in [-0.2, 0) is 26.4 Å². The lowest BCUT2D eigenvalue weighted by atomic mass is 9.99. The normalized spacial score (nSPS) is 25.3. The molecule has 8 heteroatoms. The molecular weight excluding hydrogens is 294 g/mol. The number of nitrogens with one attached hydrogen (secondary N) is 1. The first-order valence-corrected chi connectivity index (χ1v) is 8.90. The van der Waals surface area contributed by atoms with Crippen LogP contribution >= 0.6 is 0 Å². The number of ether oxygens (including phenoxy) is 1. The molecule has 3 heterocycles. The molecule has 0 saturated carbocycles. The number of hydrogen-bond acceptors (Lipinski definition) is 5. The smallest absolute Gasteiger partial charge is 0.230 e. The number of rotatable bonds is 3. The Bertz CT molecular complexity index is 634. The van der Waals surface area contributed by atoms with E-state index in [2.05, 4.69) is 10.4 Å². The van der Waals surface area contributed by atoms with Gasteiger partial charge in [0.05, 0.1) is 29.7 Å². The van der Waals surface area contributed by atoms with Crippen LogP contribution in [-0.4, -0.2) is 48.8 Å². The number of carbonyl (C=O) groups excluding carboxylic acids is 1. The number of aryl methyl sites for hydroxylation is 1. The SMILES string of the molecule is Cn1nc(C2CCCOC2)cc1NC(=O)C1CS(=O)(=O)C1. The Morgan fingerprint density at radius 1 is 1.48 bits per heavy atom. The van der Waals surface area contributed by atoms with Gasteiger partial charge in [-0.05, 0) is 12.8 Å². The maximum absolute atomic E-state index is 12.0. The number of anilines is 1. The zero-order chi connectivity index (χ0) is 15.0. The minimum Gasteiger partial charge on any atom is -0.381 e. The summed E-state index contributed by atoms with van der Waals surface area (Å²) in [6, 6.07) is 1.85. The van der Waals surface area contributed by atoms with Crippen molar-refractivity contribution in [2.24, 2.45) is 13.0 Å². The van der Waals surface area contributed by atoms with E-state index < -0.39 is 15.8 Å². The van der Waals surface area contributed by atoms with Gasteiger partial charge in [-0.3, -0.25) is 9.48 Å². The highest BCUT2D eigenvalue weighted by molar-refractivity contribution is 7.92. The molecule has 1 unspecified atom stereocenters. The van der Waals surface area contributed by atoms with Crippen molar-refractivity contribution in [2.75, 3.05) is 30.0 Å². The highest BCUT2D eigenvalue weighted by atomic mass is 32.2. The molecule has 0 aromatic carbocycles. The largest absolute Gasteiger partial charge is 0.381 e. The van der Waals surface area contributed by atoms with Gasteiger partial charge in [-0.15, -0.1) is 0 Å². The summed E-state index contributed by atoms with van der Waals surface area (Å²) >= 11 is 0. The van der Waals surface area contributed by atoms with E-state index in [4.69, 9.17) is 4.74 Å². The lowest BCUT2D eigenvalue weighted by molar-refractivity contribution is -0.119. The van der Waals surface area contributed by atoms with Crippen molar-refractivity contribution < 1.29 is 17.9 Å². The van der Waals surface area contributed by atoms with Crippen LogP contribution in [0.15, 0.2) is 6.07 Å². The number of aromatic nitrogens is 2. The molecule has 1 atom stereocenters. The summed E-state index contributed by atoms with van der Waals surface area (Å²) in [5.41, 5.74) is 0.911. The minimum atomic E-state index is -2.99. The van der Waals surface area contributed by atoms with E-state index in [-0.39, 0.29) is 23.3 Å². The Kier molecular flexibility index (Phi) is 3.75. The number of amides is 1. The van der Waals surface area contributed by atoms with E-state index in [9.17, 15) is 13.2 Å². The molecule has 2 aliphatic rings. The fourth-order valence-corrected chi connectivity index (χ4v) is 4.16. The zero-order valence-electron chi connectivity index (χ0n) is 11.9. The number of sulfone groups is 1. The van der Waals surface area contributed by atoms with Crippen LogP contribution in [0.4, 0.5) is 5.82 Å². The highest BCUT2D eigenvalue weighted by Gasteiger charge is 2.38. The van der Waals surface area contributed by atoms with Crippen molar-refractivity contribution in [3.8, 4) is 0 Å². The van der Waals surface area contributed by atoms with Gasteiger partial charge in [0.1, 0.15) is 5.82 Å². The monoisotopic (exact) mass is 313 g/mol. The third-order valence-electron chi connectivity index (χ3n) is 4.01. The molecule has 0 radical (unpaired) electrons. The maximum atomic E-state index is 12.0. The van der Waals surface area contributed by atoms with E-state index >= 15 is 0 Å². The van der Waals surface area contributed by atoms with Gasteiger partial charge < -0.3 is 10.1 Å². The average Bonchev–Trinajstić information content (AvgIpc) is 2.78. The second-order valence-corrected chi connectivity index (χ2v) is 7.91. The van der Waals surface area contributed by atoms with Gasteiger partial charge in [-0.1, -0.05) is 0 Å². The molecule has 1 amide bonds. The second-order valence-electron chi connectivity index (χ2n) is 5.76. The topological polar surface area (TPSA) is 90.3 Å². The van der Waals surface area contributed by atoms with Crippen molar-refractivity contribution in [3.63, 3.8) is 0 Å². The Morgan fingerprint density at radius 2 is 2.24 bits per heavy atom. The Labute approximate surface area is 123 Å². The van der Waals surface area contributed by atoms with Crippen LogP contribution in [0.25, 0.3) is 0 Å². The van der Waals surface area contributed by atoms with E-state index in [1.807, 2.05) is 6.07 Å². The summed E-state index contributed by atoms with van der Waals surface area (Å²) in [6.07, 6.45) is 2.05. The fraction of sp³-hybridized carbons (Fsp3) is 0.692. The van der Waals surface area contributed by atoms with Crippen LogP contribution in [0.3, 0.4) is 0 Å². The molecule has 2 fully saturated rings. The first-order valence-electron chi connectivity index (χ1n) is 7.07. The summed E-state index contributed by atoms with van der Waals surface area (Å²) in [7, 11) is -1.23. The van der Waals surface area contributed by atoms with E-state index in [0.717, 1.165) is 25.1 Å². The lowest BCUT2D eigenvalue weighted by Crippen LogP contribution is -2.44. The third kappa shape index (κ3) is 3.11. The van der Waals surface area contributed by atoms with Gasteiger partial charge in [-0.2, -0.15) is 5.10 Å². The molecule has 0 bridgehead atoms.